The fourth-order valence-corrected chi connectivity index (χ4v) is 6.33. The minimum absolute atomic E-state index is 0.200. The quantitative estimate of drug-likeness (QED) is 0.374. The summed E-state index contributed by atoms with van der Waals surface area (Å²) in [6.07, 6.45) is 3.07. The van der Waals surface area contributed by atoms with Crippen molar-refractivity contribution in [2.45, 2.75) is 31.1 Å². The van der Waals surface area contributed by atoms with Gasteiger partial charge < -0.3 is 15.3 Å². The minimum Gasteiger partial charge on any atom is -0.493 e. The topological polar surface area (TPSA) is 102 Å². The molecule has 0 saturated carbocycles. The zero-order valence-corrected chi connectivity index (χ0v) is 22.1. The number of para-hydroxylation sites is 1. The summed E-state index contributed by atoms with van der Waals surface area (Å²) in [6, 6.07) is 20.1. The average Bonchev–Trinajstić information content (AvgIpc) is 2.92. The SMILES string of the molecule is COc1cc(Cl)ccc1ON(c1ccccc1)S(=O)(=O)C(Cc1ccc(C(N)=O)cc1)N1CCCCC1. The number of ether oxygens (including phenoxy) is 1. The van der Waals surface area contributed by atoms with Crippen LogP contribution in [0.15, 0.2) is 72.8 Å². The zero-order valence-electron chi connectivity index (χ0n) is 20.5. The van der Waals surface area contributed by atoms with Crippen molar-refractivity contribution in [1.29, 1.82) is 0 Å². The van der Waals surface area contributed by atoms with Crippen LogP contribution in [0.2, 0.25) is 5.02 Å². The van der Waals surface area contributed by atoms with E-state index in [-0.39, 0.29) is 12.2 Å². The first-order valence-electron chi connectivity index (χ1n) is 12.0. The van der Waals surface area contributed by atoms with Gasteiger partial charge in [0.2, 0.25) is 5.91 Å². The summed E-state index contributed by atoms with van der Waals surface area (Å²) in [5.41, 5.74) is 6.86. The second-order valence-electron chi connectivity index (χ2n) is 8.81. The van der Waals surface area contributed by atoms with Crippen molar-refractivity contribution in [2.24, 2.45) is 5.73 Å². The number of primary amides is 1. The molecule has 1 aliphatic heterocycles. The van der Waals surface area contributed by atoms with E-state index in [0.29, 0.717) is 35.1 Å². The molecule has 10 heteroatoms. The molecule has 8 nitrogen and oxygen atoms in total. The van der Waals surface area contributed by atoms with Gasteiger partial charge in [-0.2, -0.15) is 0 Å². The molecule has 1 aliphatic rings. The van der Waals surface area contributed by atoms with Crippen molar-refractivity contribution >= 4 is 33.2 Å². The molecule has 1 amide bonds. The molecule has 1 saturated heterocycles. The Kier molecular flexibility index (Phi) is 8.58. The molecule has 0 spiro atoms. The maximum absolute atomic E-state index is 14.4. The number of hydrogen-bond donors (Lipinski definition) is 1. The Hall–Kier alpha value is -3.27. The number of carbonyl (C=O) groups excluding carboxylic acids is 1. The lowest BCUT2D eigenvalue weighted by molar-refractivity contribution is 0.1000. The standard InChI is InChI=1S/C27H30ClN3O5S/c1-35-25-19-22(28)14-15-24(25)36-31(23-8-4-2-5-9-23)37(33,34)26(30-16-6-3-7-17-30)18-20-10-12-21(13-11-20)27(29)32/h2,4-5,8-15,19,26H,3,6-7,16-18H2,1H3,(H2,29,32). The van der Waals surface area contributed by atoms with Gasteiger partial charge in [-0.1, -0.05) is 52.8 Å². The van der Waals surface area contributed by atoms with Gasteiger partial charge in [-0.15, -0.1) is 0 Å². The van der Waals surface area contributed by atoms with Gasteiger partial charge >= 0.3 is 0 Å². The summed E-state index contributed by atoms with van der Waals surface area (Å²) >= 11 is 6.11. The van der Waals surface area contributed by atoms with E-state index in [0.717, 1.165) is 29.3 Å². The van der Waals surface area contributed by atoms with E-state index in [9.17, 15) is 13.2 Å². The van der Waals surface area contributed by atoms with Gasteiger partial charge in [-0.3, -0.25) is 9.69 Å². The molecule has 37 heavy (non-hydrogen) atoms. The van der Waals surface area contributed by atoms with Crippen molar-refractivity contribution in [3.05, 3.63) is 88.9 Å². The Labute approximate surface area is 222 Å². The zero-order chi connectivity index (χ0) is 26.4. The highest BCUT2D eigenvalue weighted by Gasteiger charge is 2.39. The summed E-state index contributed by atoms with van der Waals surface area (Å²) in [5.74, 6) is -0.0185. The molecule has 1 fully saturated rings. The molecule has 1 atom stereocenters. The Morgan fingerprint density at radius 2 is 1.68 bits per heavy atom. The fraction of sp³-hybridized carbons (Fsp3) is 0.296. The monoisotopic (exact) mass is 543 g/mol. The molecule has 196 valence electrons. The molecule has 3 aromatic rings. The van der Waals surface area contributed by atoms with Gasteiger partial charge in [0.25, 0.3) is 10.0 Å². The lowest BCUT2D eigenvalue weighted by Crippen LogP contribution is -2.52. The maximum Gasteiger partial charge on any atom is 0.282 e. The first-order valence-corrected chi connectivity index (χ1v) is 13.9. The van der Waals surface area contributed by atoms with Crippen LogP contribution in [0.1, 0.15) is 35.2 Å². The van der Waals surface area contributed by atoms with Gasteiger partial charge in [0.15, 0.2) is 11.5 Å². The van der Waals surface area contributed by atoms with E-state index in [2.05, 4.69) is 0 Å². The molecule has 0 bridgehead atoms. The van der Waals surface area contributed by atoms with E-state index < -0.39 is 21.3 Å². The van der Waals surface area contributed by atoms with Crippen LogP contribution in [0.3, 0.4) is 0 Å². The van der Waals surface area contributed by atoms with Gasteiger partial charge in [-0.25, -0.2) is 8.42 Å². The van der Waals surface area contributed by atoms with Crippen LogP contribution >= 0.6 is 11.6 Å². The van der Waals surface area contributed by atoms with Crippen molar-refractivity contribution in [1.82, 2.24) is 4.90 Å². The first-order chi connectivity index (χ1) is 17.8. The number of anilines is 1. The van der Waals surface area contributed by atoms with Crippen LogP contribution in [0, 0.1) is 0 Å². The first kappa shape index (κ1) is 26.8. The van der Waals surface area contributed by atoms with Gasteiger partial charge in [0, 0.05) is 23.1 Å². The van der Waals surface area contributed by atoms with Gasteiger partial charge in [0.1, 0.15) is 5.37 Å². The summed E-state index contributed by atoms with van der Waals surface area (Å²) in [5, 5.41) is -0.477. The highest BCUT2D eigenvalue weighted by atomic mass is 35.5. The molecule has 0 aliphatic carbocycles. The number of benzene rings is 3. The minimum atomic E-state index is -4.12. The third kappa shape index (κ3) is 6.36. The second-order valence-corrected chi connectivity index (χ2v) is 11.2. The van der Waals surface area contributed by atoms with Crippen LogP contribution in [-0.4, -0.2) is 44.8 Å². The summed E-state index contributed by atoms with van der Waals surface area (Å²) in [4.78, 5) is 19.6. The average molecular weight is 544 g/mol. The Morgan fingerprint density at radius 3 is 2.30 bits per heavy atom. The van der Waals surface area contributed by atoms with Crippen molar-refractivity contribution in [2.75, 3.05) is 24.7 Å². The van der Waals surface area contributed by atoms with E-state index in [1.165, 1.54) is 7.11 Å². The number of nitrogens with two attached hydrogens (primary N) is 1. The predicted octanol–water partition coefficient (Wildman–Crippen LogP) is 4.63. The molecule has 3 aromatic carbocycles. The predicted molar refractivity (Wildman–Crippen MR) is 144 cm³/mol. The van der Waals surface area contributed by atoms with Crippen molar-refractivity contribution in [3.8, 4) is 11.5 Å². The van der Waals surface area contributed by atoms with Gasteiger partial charge in [-0.05, 0) is 67.9 Å². The third-order valence-electron chi connectivity index (χ3n) is 6.30. The number of amides is 1. The Morgan fingerprint density at radius 1 is 1.00 bits per heavy atom. The third-order valence-corrected chi connectivity index (χ3v) is 8.43. The summed E-state index contributed by atoms with van der Waals surface area (Å²) in [6.45, 7) is 1.30. The molecule has 4 rings (SSSR count). The lowest BCUT2D eigenvalue weighted by Gasteiger charge is -2.37. The van der Waals surface area contributed by atoms with Crippen LogP contribution in [0.4, 0.5) is 5.69 Å². The fourth-order valence-electron chi connectivity index (χ4n) is 4.35. The molecule has 1 heterocycles. The largest absolute Gasteiger partial charge is 0.493 e. The van der Waals surface area contributed by atoms with Crippen LogP contribution in [0.25, 0.3) is 0 Å². The summed E-state index contributed by atoms with van der Waals surface area (Å²) < 4.78 is 35.2. The number of carbonyl (C=O) groups is 1. The van der Waals surface area contributed by atoms with Crippen LogP contribution < -0.4 is 19.8 Å². The highest BCUT2D eigenvalue weighted by Crippen LogP contribution is 2.34. The number of rotatable bonds is 10. The Balaban J connectivity index is 1.76. The number of likely N-dealkylation sites (tertiary alicyclic amines) is 1. The van der Waals surface area contributed by atoms with E-state index in [1.807, 2.05) is 4.90 Å². The molecular formula is C27H30ClN3O5S. The number of halogens is 1. The van der Waals surface area contributed by atoms with Crippen LogP contribution in [-0.2, 0) is 16.4 Å². The molecule has 0 radical (unpaired) electrons. The summed E-state index contributed by atoms with van der Waals surface area (Å²) in [7, 11) is -2.65. The van der Waals surface area contributed by atoms with Gasteiger partial charge in [0.05, 0.1) is 12.8 Å². The molecule has 0 aromatic heterocycles. The molecule has 1 unspecified atom stereocenters. The van der Waals surface area contributed by atoms with E-state index >= 15 is 0 Å². The van der Waals surface area contributed by atoms with E-state index in [1.54, 1.807) is 72.8 Å². The Bertz CT molecular complexity index is 1310. The molecule has 2 N–H and O–H groups in total. The molecular weight excluding hydrogens is 514 g/mol. The smallest absolute Gasteiger partial charge is 0.282 e. The highest BCUT2D eigenvalue weighted by molar-refractivity contribution is 7.93. The number of piperidine rings is 1. The number of nitrogens with zero attached hydrogens (tertiary/aromatic N) is 2. The lowest BCUT2D eigenvalue weighted by atomic mass is 10.1. The van der Waals surface area contributed by atoms with Crippen LogP contribution in [0.5, 0.6) is 11.5 Å². The van der Waals surface area contributed by atoms with E-state index in [4.69, 9.17) is 26.9 Å². The second kappa shape index (κ2) is 11.9. The number of hydrogen-bond acceptors (Lipinski definition) is 6. The number of sulfonamides is 1. The maximum atomic E-state index is 14.4. The van der Waals surface area contributed by atoms with Crippen molar-refractivity contribution < 1.29 is 22.8 Å². The van der Waals surface area contributed by atoms with Crippen molar-refractivity contribution in [3.63, 3.8) is 0 Å². The normalized spacial score (nSPS) is 15.1. The number of methoxy groups -OCH3 is 1.